The third-order valence-corrected chi connectivity index (χ3v) is 3.11. The minimum atomic E-state index is -0.761. The van der Waals surface area contributed by atoms with Crippen molar-refractivity contribution in [2.24, 2.45) is 0 Å². The van der Waals surface area contributed by atoms with E-state index in [0.717, 1.165) is 32.1 Å². The Labute approximate surface area is 128 Å². The molecule has 4 heteroatoms. The van der Waals surface area contributed by atoms with Crippen molar-refractivity contribution in [1.29, 1.82) is 0 Å². The Kier molecular flexibility index (Phi) is 13.8. The van der Waals surface area contributed by atoms with Gasteiger partial charge in [-0.25, -0.2) is 0 Å². The first kappa shape index (κ1) is 19.5. The van der Waals surface area contributed by atoms with Crippen molar-refractivity contribution >= 4 is 11.9 Å². The normalized spacial score (nSPS) is 9.76. The third kappa shape index (κ3) is 16.4. The summed E-state index contributed by atoms with van der Waals surface area (Å²) < 4.78 is 5.01. The Balaban J connectivity index is 3.34. The van der Waals surface area contributed by atoms with Crippen molar-refractivity contribution in [3.05, 3.63) is 0 Å². The second kappa shape index (κ2) is 14.9. The lowest BCUT2D eigenvalue weighted by Gasteiger charge is -2.01. The highest BCUT2D eigenvalue weighted by Gasteiger charge is 2.02. The molecule has 0 spiro atoms. The number of hydrogen-bond donors (Lipinski definition) is 1. The molecule has 0 amide bonds. The number of rotatable bonds is 12. The van der Waals surface area contributed by atoms with Gasteiger partial charge in [0.15, 0.2) is 6.61 Å². The lowest BCUT2D eigenvalue weighted by atomic mass is 10.1. The minimum Gasteiger partial charge on any atom is -0.481 e. The molecule has 0 heterocycles. The minimum absolute atomic E-state index is 0.186. The first-order valence-corrected chi connectivity index (χ1v) is 8.00. The number of carboxylic acid groups (broad SMARTS) is 1. The summed E-state index contributed by atoms with van der Waals surface area (Å²) in [5.74, 6) is 4.89. The second-order valence-electron chi connectivity index (χ2n) is 5.13. The van der Waals surface area contributed by atoms with Crippen LogP contribution in [0, 0.1) is 11.8 Å². The molecule has 0 saturated carbocycles. The highest BCUT2D eigenvalue weighted by Crippen LogP contribution is 2.06. The summed E-state index contributed by atoms with van der Waals surface area (Å²) in [6.45, 7) is 2.36. The van der Waals surface area contributed by atoms with Crippen molar-refractivity contribution in [3.63, 3.8) is 0 Å². The molecular formula is C17H28O4. The van der Waals surface area contributed by atoms with Gasteiger partial charge in [-0.05, 0) is 19.3 Å². The van der Waals surface area contributed by atoms with E-state index in [1.54, 1.807) is 0 Å². The van der Waals surface area contributed by atoms with Gasteiger partial charge in [0.25, 0.3) is 0 Å². The number of ether oxygens (including phenoxy) is 1. The number of carbonyl (C=O) groups is 2. The van der Waals surface area contributed by atoms with Crippen LogP contribution in [0.1, 0.15) is 77.6 Å². The van der Waals surface area contributed by atoms with Crippen molar-refractivity contribution < 1.29 is 19.4 Å². The fourth-order valence-corrected chi connectivity index (χ4v) is 1.87. The van der Waals surface area contributed by atoms with E-state index in [9.17, 15) is 9.59 Å². The Morgan fingerprint density at radius 2 is 1.57 bits per heavy atom. The van der Waals surface area contributed by atoms with Crippen LogP contribution in [-0.4, -0.2) is 23.7 Å². The van der Waals surface area contributed by atoms with Gasteiger partial charge >= 0.3 is 11.9 Å². The van der Waals surface area contributed by atoms with Crippen molar-refractivity contribution in [2.45, 2.75) is 77.6 Å². The average molecular weight is 296 g/mol. The Bertz CT molecular complexity index is 338. The molecule has 1 N–H and O–H groups in total. The molecule has 0 aliphatic rings. The molecule has 0 unspecified atom stereocenters. The van der Waals surface area contributed by atoms with E-state index in [-0.39, 0.29) is 19.0 Å². The monoisotopic (exact) mass is 296 g/mol. The van der Waals surface area contributed by atoms with Gasteiger partial charge in [-0.15, -0.1) is 0 Å². The largest absolute Gasteiger partial charge is 0.481 e. The maximum absolute atomic E-state index is 11.4. The van der Waals surface area contributed by atoms with Gasteiger partial charge in [0.2, 0.25) is 0 Å². The fraction of sp³-hybridized carbons (Fsp3) is 0.765. The Hall–Kier alpha value is -1.50. The third-order valence-electron chi connectivity index (χ3n) is 3.11. The van der Waals surface area contributed by atoms with Crippen molar-refractivity contribution in [1.82, 2.24) is 0 Å². The van der Waals surface area contributed by atoms with Gasteiger partial charge in [0, 0.05) is 19.3 Å². The lowest BCUT2D eigenvalue weighted by molar-refractivity contribution is -0.142. The standard InChI is InChI=1S/C17H28O4/c1-2-3-4-5-6-9-12-15-21-17(20)14-11-8-7-10-13-16(18)19/h2-8,10-11,13-15H2,1H3,(H,18,19). The van der Waals surface area contributed by atoms with Crippen LogP contribution in [0.2, 0.25) is 0 Å². The molecule has 0 aromatic carbocycles. The van der Waals surface area contributed by atoms with Gasteiger partial charge in [0.1, 0.15) is 0 Å². The summed E-state index contributed by atoms with van der Waals surface area (Å²) in [7, 11) is 0. The molecule has 0 saturated heterocycles. The SMILES string of the molecule is CCCCCCC#CCOC(=O)CCCCCCC(=O)O. The molecule has 0 rings (SSSR count). The van der Waals surface area contributed by atoms with E-state index >= 15 is 0 Å². The van der Waals surface area contributed by atoms with Gasteiger partial charge < -0.3 is 9.84 Å². The molecule has 21 heavy (non-hydrogen) atoms. The number of carboxylic acids is 1. The summed E-state index contributed by atoms with van der Waals surface area (Å²) in [5, 5.41) is 8.47. The highest BCUT2D eigenvalue weighted by molar-refractivity contribution is 5.69. The zero-order valence-electron chi connectivity index (χ0n) is 13.2. The molecule has 0 radical (unpaired) electrons. The molecule has 4 nitrogen and oxygen atoms in total. The molecule has 120 valence electrons. The summed E-state index contributed by atoms with van der Waals surface area (Å²) in [6.07, 6.45) is 9.42. The molecule has 0 aromatic heterocycles. The molecule has 0 atom stereocenters. The molecule has 0 aromatic rings. The van der Waals surface area contributed by atoms with E-state index in [1.807, 2.05) is 0 Å². The van der Waals surface area contributed by atoms with Crippen molar-refractivity contribution in [3.8, 4) is 11.8 Å². The van der Waals surface area contributed by atoms with E-state index < -0.39 is 5.97 Å². The fourth-order valence-electron chi connectivity index (χ4n) is 1.87. The van der Waals surface area contributed by atoms with E-state index in [4.69, 9.17) is 9.84 Å². The smallest absolute Gasteiger partial charge is 0.306 e. The number of carbonyl (C=O) groups excluding carboxylic acids is 1. The van der Waals surface area contributed by atoms with Gasteiger partial charge in [-0.2, -0.15) is 0 Å². The zero-order chi connectivity index (χ0) is 15.8. The summed E-state index contributed by atoms with van der Waals surface area (Å²) in [4.78, 5) is 21.7. The van der Waals surface area contributed by atoms with E-state index in [1.165, 1.54) is 19.3 Å². The topological polar surface area (TPSA) is 63.6 Å². The molecule has 0 fully saturated rings. The van der Waals surface area contributed by atoms with Crippen LogP contribution < -0.4 is 0 Å². The van der Waals surface area contributed by atoms with Crippen LogP contribution in [0.25, 0.3) is 0 Å². The number of aliphatic carboxylic acids is 1. The number of unbranched alkanes of at least 4 members (excludes halogenated alkanes) is 7. The summed E-state index contributed by atoms with van der Waals surface area (Å²) in [6, 6.07) is 0. The maximum atomic E-state index is 11.4. The summed E-state index contributed by atoms with van der Waals surface area (Å²) >= 11 is 0. The number of hydrogen-bond acceptors (Lipinski definition) is 3. The van der Waals surface area contributed by atoms with Crippen LogP contribution in [0.3, 0.4) is 0 Å². The molecule has 0 aliphatic heterocycles. The Morgan fingerprint density at radius 1 is 0.905 bits per heavy atom. The van der Waals surface area contributed by atoms with Crippen LogP contribution in [0.15, 0.2) is 0 Å². The average Bonchev–Trinajstić information content (AvgIpc) is 2.45. The highest BCUT2D eigenvalue weighted by atomic mass is 16.5. The van der Waals surface area contributed by atoms with Crippen LogP contribution >= 0.6 is 0 Å². The first-order chi connectivity index (χ1) is 10.2. The maximum Gasteiger partial charge on any atom is 0.306 e. The zero-order valence-corrected chi connectivity index (χ0v) is 13.2. The molecule has 0 bridgehead atoms. The van der Waals surface area contributed by atoms with Gasteiger partial charge in [-0.3, -0.25) is 9.59 Å². The first-order valence-electron chi connectivity index (χ1n) is 8.00. The summed E-state index contributed by atoms with van der Waals surface area (Å²) in [5.41, 5.74) is 0. The van der Waals surface area contributed by atoms with Gasteiger partial charge in [0.05, 0.1) is 0 Å². The predicted octanol–water partition coefficient (Wildman–Crippen LogP) is 3.93. The lowest BCUT2D eigenvalue weighted by Crippen LogP contribution is -2.04. The van der Waals surface area contributed by atoms with Crippen LogP contribution in [0.4, 0.5) is 0 Å². The van der Waals surface area contributed by atoms with Crippen molar-refractivity contribution in [2.75, 3.05) is 6.61 Å². The Morgan fingerprint density at radius 3 is 2.24 bits per heavy atom. The predicted molar refractivity (Wildman–Crippen MR) is 82.8 cm³/mol. The quantitative estimate of drug-likeness (QED) is 0.337. The van der Waals surface area contributed by atoms with E-state index in [0.29, 0.717) is 12.8 Å². The van der Waals surface area contributed by atoms with Gasteiger partial charge in [-0.1, -0.05) is 50.9 Å². The molecular weight excluding hydrogens is 268 g/mol. The molecule has 0 aliphatic carbocycles. The van der Waals surface area contributed by atoms with Crippen LogP contribution in [-0.2, 0) is 14.3 Å². The second-order valence-corrected chi connectivity index (χ2v) is 5.13. The number of esters is 1. The van der Waals surface area contributed by atoms with E-state index in [2.05, 4.69) is 18.8 Å². The van der Waals surface area contributed by atoms with Crippen LogP contribution in [0.5, 0.6) is 0 Å².